The Bertz CT molecular complexity index is 820. The summed E-state index contributed by atoms with van der Waals surface area (Å²) in [5.41, 5.74) is 0. The van der Waals surface area contributed by atoms with E-state index in [9.17, 15) is 0 Å². The van der Waals surface area contributed by atoms with Crippen molar-refractivity contribution in [2.45, 2.75) is 57.8 Å². The minimum atomic E-state index is 0.621. The first-order valence-electron chi connectivity index (χ1n) is 8.84. The van der Waals surface area contributed by atoms with E-state index in [-0.39, 0.29) is 0 Å². The van der Waals surface area contributed by atoms with Gasteiger partial charge in [0.1, 0.15) is 0 Å². The van der Waals surface area contributed by atoms with Crippen molar-refractivity contribution in [2.75, 3.05) is 0 Å². The van der Waals surface area contributed by atoms with Gasteiger partial charge in [-0.3, -0.25) is 0 Å². The number of hydrogen-bond acceptors (Lipinski definition) is 3. The molecule has 1 aliphatic heterocycles. The van der Waals surface area contributed by atoms with E-state index in [2.05, 4.69) is 57.2 Å². The third-order valence-electron chi connectivity index (χ3n) is 5.03. The number of hydrogen-bond donors (Lipinski definition) is 0. The van der Waals surface area contributed by atoms with Gasteiger partial charge in [-0.2, -0.15) is 0 Å². The first-order chi connectivity index (χ1) is 11.6. The Morgan fingerprint density at radius 2 is 0.917 bits per heavy atom. The van der Waals surface area contributed by atoms with Crippen molar-refractivity contribution in [3.63, 3.8) is 0 Å². The second kappa shape index (κ2) is 6.78. The van der Waals surface area contributed by atoms with Gasteiger partial charge in [-0.1, -0.05) is 20.8 Å². The van der Waals surface area contributed by atoms with Crippen LogP contribution in [0.3, 0.4) is 0 Å². The molecule has 3 aromatic heterocycles. The fourth-order valence-corrected chi connectivity index (χ4v) is 7.10. The van der Waals surface area contributed by atoms with Crippen LogP contribution < -0.4 is 0 Å². The average Bonchev–Trinajstić information content (AvgIpc) is 3.26. The molecule has 4 heterocycles. The lowest BCUT2D eigenvalue weighted by atomic mass is 10.0. The van der Waals surface area contributed by atoms with Gasteiger partial charge in [0.2, 0.25) is 0 Å². The molecule has 0 radical (unpaired) electrons. The summed E-state index contributed by atoms with van der Waals surface area (Å²) in [7, 11) is 0. The molecule has 4 rings (SSSR count). The molecular formula is C21H24S3. The summed E-state index contributed by atoms with van der Waals surface area (Å²) in [6.07, 6.45) is 3.53. The van der Waals surface area contributed by atoms with E-state index in [4.69, 9.17) is 0 Å². The fraction of sp³-hybridized carbons (Fsp3) is 0.429. The van der Waals surface area contributed by atoms with E-state index in [1.54, 1.807) is 14.6 Å². The summed E-state index contributed by atoms with van der Waals surface area (Å²) in [5.74, 6) is 1.87. The standard InChI is InChI=1S/C21H24S3/c1-13-10-16-4-5-17(22-16)11-14(2)20-8-9-21(24-20)15(3)12-18-6-7-19(13)23-18/h4-9,13-15H,10-12H2,1-3H3. The SMILES string of the molecule is CC1Cc2ccc(s2)CC(C)c2ccc(s2)C(C)Cc2ccc1s2. The number of rotatable bonds is 0. The highest BCUT2D eigenvalue weighted by atomic mass is 32.1. The maximum Gasteiger partial charge on any atom is 0.00800 e. The normalized spacial score (nSPS) is 24.4. The summed E-state index contributed by atoms with van der Waals surface area (Å²) in [6.45, 7) is 7.14. The van der Waals surface area contributed by atoms with E-state index >= 15 is 0 Å². The van der Waals surface area contributed by atoms with E-state index in [1.165, 1.54) is 33.9 Å². The van der Waals surface area contributed by atoms with Gasteiger partial charge in [0.25, 0.3) is 0 Å². The third kappa shape index (κ3) is 3.40. The van der Waals surface area contributed by atoms with Crippen LogP contribution in [0.5, 0.6) is 0 Å². The van der Waals surface area contributed by atoms with Crippen molar-refractivity contribution < 1.29 is 0 Å². The molecule has 3 atom stereocenters. The van der Waals surface area contributed by atoms with Gasteiger partial charge in [-0.15, -0.1) is 34.0 Å². The molecule has 0 amide bonds. The maximum absolute atomic E-state index is 2.38. The fourth-order valence-electron chi connectivity index (χ4n) is 3.52. The van der Waals surface area contributed by atoms with Gasteiger partial charge >= 0.3 is 0 Å². The Kier molecular flexibility index (Phi) is 4.68. The first-order valence-corrected chi connectivity index (χ1v) is 11.3. The molecule has 126 valence electrons. The van der Waals surface area contributed by atoms with Crippen LogP contribution in [0.1, 0.15) is 67.8 Å². The highest BCUT2D eigenvalue weighted by Crippen LogP contribution is 2.37. The van der Waals surface area contributed by atoms with Gasteiger partial charge in [-0.25, -0.2) is 0 Å². The second-order valence-corrected chi connectivity index (χ2v) is 10.8. The van der Waals surface area contributed by atoms with Crippen LogP contribution in [0.4, 0.5) is 0 Å². The van der Waals surface area contributed by atoms with Crippen molar-refractivity contribution in [1.29, 1.82) is 0 Å². The molecule has 0 saturated carbocycles. The van der Waals surface area contributed by atoms with Crippen LogP contribution in [-0.2, 0) is 19.3 Å². The van der Waals surface area contributed by atoms with E-state index < -0.39 is 0 Å². The van der Waals surface area contributed by atoms with Crippen molar-refractivity contribution >= 4 is 34.0 Å². The number of fused-ring (bicyclic) bond motifs is 6. The Labute approximate surface area is 157 Å². The molecule has 0 spiro atoms. The minimum absolute atomic E-state index is 0.621. The molecular weight excluding hydrogens is 348 g/mol. The molecule has 0 N–H and O–H groups in total. The topological polar surface area (TPSA) is 0 Å². The Hall–Kier alpha value is -0.900. The molecule has 0 aromatic carbocycles. The van der Waals surface area contributed by atoms with Crippen LogP contribution in [-0.4, -0.2) is 0 Å². The largest absolute Gasteiger partial charge is 0.145 e. The third-order valence-corrected chi connectivity index (χ3v) is 9.04. The molecule has 0 fully saturated rings. The van der Waals surface area contributed by atoms with Gasteiger partial charge in [0, 0.05) is 29.3 Å². The van der Waals surface area contributed by atoms with Crippen LogP contribution in [0.2, 0.25) is 0 Å². The highest BCUT2D eigenvalue weighted by Gasteiger charge is 2.18. The molecule has 0 saturated heterocycles. The Morgan fingerprint density at radius 3 is 1.46 bits per heavy atom. The van der Waals surface area contributed by atoms with Crippen LogP contribution in [0, 0.1) is 0 Å². The average molecular weight is 373 g/mol. The predicted molar refractivity (Wildman–Crippen MR) is 109 cm³/mol. The Morgan fingerprint density at radius 1 is 0.542 bits per heavy atom. The zero-order valence-corrected chi connectivity index (χ0v) is 17.0. The lowest BCUT2D eigenvalue weighted by Crippen LogP contribution is -1.94. The summed E-state index contributed by atoms with van der Waals surface area (Å²) in [6, 6.07) is 14.2. The minimum Gasteiger partial charge on any atom is -0.145 e. The van der Waals surface area contributed by atoms with E-state index in [0.717, 1.165) is 0 Å². The van der Waals surface area contributed by atoms with Gasteiger partial charge in [0.15, 0.2) is 0 Å². The zero-order valence-electron chi connectivity index (χ0n) is 14.5. The monoisotopic (exact) mass is 372 g/mol. The van der Waals surface area contributed by atoms with Crippen LogP contribution in [0.25, 0.3) is 0 Å². The van der Waals surface area contributed by atoms with Gasteiger partial charge in [0.05, 0.1) is 0 Å². The lowest BCUT2D eigenvalue weighted by molar-refractivity contribution is 0.784. The summed E-state index contributed by atoms with van der Waals surface area (Å²) < 4.78 is 0. The molecule has 6 bridgehead atoms. The molecule has 3 unspecified atom stereocenters. The van der Waals surface area contributed by atoms with Crippen molar-refractivity contribution in [2.24, 2.45) is 0 Å². The van der Waals surface area contributed by atoms with Gasteiger partial charge in [-0.05, 0) is 73.4 Å². The molecule has 1 aliphatic rings. The lowest BCUT2D eigenvalue weighted by Gasteiger charge is -2.09. The summed E-state index contributed by atoms with van der Waals surface area (Å²) in [5, 5.41) is 0. The van der Waals surface area contributed by atoms with Crippen molar-refractivity contribution in [3.8, 4) is 0 Å². The second-order valence-electron chi connectivity index (χ2n) is 7.23. The van der Waals surface area contributed by atoms with Crippen LogP contribution >= 0.6 is 34.0 Å². The van der Waals surface area contributed by atoms with Crippen molar-refractivity contribution in [1.82, 2.24) is 0 Å². The summed E-state index contributed by atoms with van der Waals surface area (Å²) in [4.78, 5) is 9.24. The number of thiophene rings is 3. The smallest absolute Gasteiger partial charge is 0.00800 e. The predicted octanol–water partition coefficient (Wildman–Crippen LogP) is 7.22. The van der Waals surface area contributed by atoms with Crippen molar-refractivity contribution in [3.05, 3.63) is 65.7 Å². The van der Waals surface area contributed by atoms with E-state index in [1.807, 2.05) is 34.0 Å². The Balaban J connectivity index is 1.71. The summed E-state index contributed by atoms with van der Waals surface area (Å²) >= 11 is 6.07. The molecule has 0 aliphatic carbocycles. The first kappa shape index (κ1) is 16.6. The molecule has 24 heavy (non-hydrogen) atoms. The molecule has 3 aromatic rings. The zero-order chi connectivity index (χ0) is 16.7. The van der Waals surface area contributed by atoms with E-state index in [0.29, 0.717) is 17.8 Å². The maximum atomic E-state index is 2.38. The quantitative estimate of drug-likeness (QED) is 0.390. The van der Waals surface area contributed by atoms with Crippen LogP contribution in [0.15, 0.2) is 36.4 Å². The molecule has 0 nitrogen and oxygen atoms in total. The molecule has 3 heteroatoms. The van der Waals surface area contributed by atoms with Gasteiger partial charge < -0.3 is 0 Å². The highest BCUT2D eigenvalue weighted by molar-refractivity contribution is 7.13.